The van der Waals surface area contributed by atoms with Crippen molar-refractivity contribution in [2.75, 3.05) is 0 Å². The van der Waals surface area contributed by atoms with Crippen LogP contribution in [0.2, 0.25) is 0 Å². The summed E-state index contributed by atoms with van der Waals surface area (Å²) in [5, 5.41) is 1.52. The molecule has 0 N–H and O–H groups in total. The molecule has 1 radical (unpaired) electrons. The van der Waals surface area contributed by atoms with Crippen molar-refractivity contribution in [1.29, 1.82) is 0 Å². The summed E-state index contributed by atoms with van der Waals surface area (Å²) in [6.07, 6.45) is 9.14. The molecule has 2 fully saturated rings. The van der Waals surface area contributed by atoms with Crippen LogP contribution in [0, 0.1) is 54.9 Å². The molecule has 4 heterocycles. The van der Waals surface area contributed by atoms with Crippen LogP contribution in [0.3, 0.4) is 0 Å². The smallest absolute Gasteiger partial charge is 0.216 e. The molecule has 1 spiro atoms. The fourth-order valence-corrected chi connectivity index (χ4v) is 9.08. The van der Waals surface area contributed by atoms with Crippen molar-refractivity contribution in [3.05, 3.63) is 114 Å². The van der Waals surface area contributed by atoms with Gasteiger partial charge in [-0.25, -0.2) is 4.98 Å². The Morgan fingerprint density at radius 2 is 1.61 bits per heavy atom. The largest absolute Gasteiger partial charge is 0.486 e. The van der Waals surface area contributed by atoms with E-state index in [9.17, 15) is 2.74 Å². The van der Waals surface area contributed by atoms with E-state index < -0.39 is 26.9 Å². The molecule has 4 nitrogen and oxygen atoms in total. The summed E-state index contributed by atoms with van der Waals surface area (Å²) >= 11 is 0. The molecular formula is C46H51IrN3O-2. The van der Waals surface area contributed by atoms with E-state index in [1.54, 1.807) is 36.5 Å². The molecule has 2 aliphatic rings. The normalized spacial score (nSPS) is 22.1. The molecule has 0 aliphatic heterocycles. The predicted molar refractivity (Wildman–Crippen MR) is 206 cm³/mol. The number of hydrogen-bond donors (Lipinski definition) is 0. The van der Waals surface area contributed by atoms with Crippen LogP contribution in [0.25, 0.3) is 44.6 Å². The van der Waals surface area contributed by atoms with Crippen molar-refractivity contribution >= 4 is 22.1 Å². The Bertz CT molecular complexity index is 2440. The summed E-state index contributed by atoms with van der Waals surface area (Å²) in [5.41, 5.74) is 5.09. The van der Waals surface area contributed by atoms with Crippen LogP contribution in [0.5, 0.6) is 0 Å². The third-order valence-electron chi connectivity index (χ3n) is 10.2. The Kier molecular flexibility index (Phi) is 7.33. The van der Waals surface area contributed by atoms with Gasteiger partial charge in [0.05, 0.1) is 5.58 Å². The summed E-state index contributed by atoms with van der Waals surface area (Å²) in [4.78, 5) is 12.9. The minimum absolute atomic E-state index is 0. The van der Waals surface area contributed by atoms with Crippen LogP contribution in [0.4, 0.5) is 0 Å². The van der Waals surface area contributed by atoms with Crippen molar-refractivity contribution in [2.45, 2.75) is 99.6 Å². The first-order chi connectivity index (χ1) is 28.3. The van der Waals surface area contributed by atoms with Gasteiger partial charge in [-0.15, -0.1) is 53.6 Å². The van der Waals surface area contributed by atoms with Gasteiger partial charge in [-0.05, 0) is 122 Å². The van der Waals surface area contributed by atoms with E-state index in [1.165, 1.54) is 49.7 Å². The van der Waals surface area contributed by atoms with E-state index in [1.807, 2.05) is 12.1 Å². The molecule has 4 aromatic heterocycles. The van der Waals surface area contributed by atoms with Gasteiger partial charge >= 0.3 is 0 Å². The third-order valence-corrected chi connectivity index (χ3v) is 10.2. The monoisotopic (exact) mass is 865 g/mol. The molecule has 0 amide bonds. The molecule has 5 heteroatoms. The zero-order valence-electron chi connectivity index (χ0n) is 40.6. The Morgan fingerprint density at radius 1 is 0.824 bits per heavy atom. The Hall–Kier alpha value is -3.66. The van der Waals surface area contributed by atoms with E-state index in [0.717, 1.165) is 36.5 Å². The summed E-state index contributed by atoms with van der Waals surface area (Å²) in [5.74, 6) is -0.0509. The maximum Gasteiger partial charge on any atom is 0.216 e. The van der Waals surface area contributed by atoms with E-state index >= 15 is 0 Å². The van der Waals surface area contributed by atoms with Gasteiger partial charge in [-0.3, -0.25) is 0 Å². The third kappa shape index (κ3) is 8.53. The molecule has 6 aromatic rings. The number of nitrogens with zero attached hydrogens (tertiary/aromatic N) is 3. The second-order valence-electron chi connectivity index (χ2n) is 15.9. The van der Waals surface area contributed by atoms with E-state index in [-0.39, 0.29) is 48.6 Å². The van der Waals surface area contributed by atoms with E-state index in [2.05, 4.69) is 54.8 Å². The zero-order valence-corrected chi connectivity index (χ0v) is 32.0. The first-order valence-corrected chi connectivity index (χ1v) is 17.5. The summed E-state index contributed by atoms with van der Waals surface area (Å²) in [6.45, 7) is 2.95. The molecule has 2 saturated carbocycles. The Labute approximate surface area is 333 Å². The van der Waals surface area contributed by atoms with Gasteiger partial charge in [-0.2, -0.15) is 0 Å². The zero-order chi connectivity index (χ0) is 44.4. The molecule has 267 valence electrons. The van der Waals surface area contributed by atoms with Gasteiger partial charge in [-0.1, -0.05) is 69.3 Å². The van der Waals surface area contributed by atoms with Gasteiger partial charge in [0, 0.05) is 58.7 Å². The SMILES string of the molecule is [2H]C([2H])([2H])c1c[c-]c(-c2ccc(C([2H])([2H])[2H])cn2)cc1.[2H]C([2H])([2H])c1ccc2c(n1)oc1c(-c3cc(C([2H])([2H])C4CCC5(CC4)CC(C)(C)CC(C)(C)C5)ccn3)[c-]ccc12.[Ir]. The fourth-order valence-electron chi connectivity index (χ4n) is 9.08. The van der Waals surface area contributed by atoms with Gasteiger partial charge in [0.25, 0.3) is 0 Å². The first kappa shape index (κ1) is 25.3. The molecule has 2 aromatic carbocycles. The van der Waals surface area contributed by atoms with Gasteiger partial charge in [0.1, 0.15) is 0 Å². The minimum atomic E-state index is -2.33. The molecule has 0 saturated heterocycles. The van der Waals surface area contributed by atoms with Crippen LogP contribution < -0.4 is 0 Å². The number of hydrogen-bond acceptors (Lipinski definition) is 4. The van der Waals surface area contributed by atoms with Crippen molar-refractivity contribution in [3.63, 3.8) is 0 Å². The number of pyridine rings is 3. The molecule has 0 unspecified atom stereocenters. The van der Waals surface area contributed by atoms with Gasteiger partial charge < -0.3 is 14.4 Å². The molecule has 51 heavy (non-hydrogen) atoms. The Balaban J connectivity index is 0.000000258. The number of furan rings is 1. The number of aromatic nitrogens is 3. The number of fused-ring (bicyclic) bond motifs is 3. The number of benzene rings is 2. The standard InChI is InChI=1S/C33H39N2O.C13H12N.Ir/c1-22-9-10-26-25-7-6-8-27(29(25)36-30(26)35-22)28-18-24(13-16-34-28)17-23-11-14-33(15-12-23)20-31(2,3)19-32(4,5)21-33;1-10-3-6-12(7-4-10)13-8-5-11(2)9-14-13;/h6-7,9-10,13,16,18,23H,11-12,14-15,17,19-21H2,1-5H3;3-6,8-9H,1-2H3;/q2*-1;/i1D3,17D2;1D3,2D3;. The minimum Gasteiger partial charge on any atom is -0.486 e. The van der Waals surface area contributed by atoms with Crippen molar-refractivity contribution in [2.24, 2.45) is 22.2 Å². The molecular weight excluding hydrogens is 803 g/mol. The molecule has 8 rings (SSSR count). The van der Waals surface area contributed by atoms with Crippen molar-refractivity contribution in [1.82, 2.24) is 15.0 Å². The van der Waals surface area contributed by atoms with Crippen LogP contribution in [-0.4, -0.2) is 15.0 Å². The van der Waals surface area contributed by atoms with Crippen LogP contribution >= 0.6 is 0 Å². The van der Waals surface area contributed by atoms with Crippen LogP contribution in [-0.2, 0) is 26.5 Å². The van der Waals surface area contributed by atoms with Gasteiger partial charge in [0.15, 0.2) is 0 Å². The van der Waals surface area contributed by atoms with Crippen LogP contribution in [0.1, 0.15) is 110 Å². The summed E-state index contributed by atoms with van der Waals surface area (Å²) in [7, 11) is 0. The average molecular weight is 865 g/mol. The second-order valence-corrected chi connectivity index (χ2v) is 15.9. The predicted octanol–water partition coefficient (Wildman–Crippen LogP) is 12.3. The van der Waals surface area contributed by atoms with Crippen LogP contribution in [0.15, 0.2) is 83.5 Å². The maximum atomic E-state index is 9.25. The topological polar surface area (TPSA) is 51.8 Å². The fraction of sp³-hybridized carbons (Fsp3) is 0.413. The molecule has 2 aliphatic carbocycles. The van der Waals surface area contributed by atoms with Gasteiger partial charge in [0.2, 0.25) is 5.71 Å². The quantitative estimate of drug-likeness (QED) is 0.166. The number of aryl methyl sites for hydroxylation is 3. The maximum absolute atomic E-state index is 9.25. The summed E-state index contributed by atoms with van der Waals surface area (Å²) < 4.78 is 91.3. The second kappa shape index (κ2) is 14.8. The first-order valence-electron chi connectivity index (χ1n) is 23.0. The molecule has 0 atom stereocenters. The van der Waals surface area contributed by atoms with Crippen molar-refractivity contribution in [3.8, 4) is 22.5 Å². The van der Waals surface area contributed by atoms with E-state index in [0.29, 0.717) is 49.9 Å². The number of rotatable bonds is 4. The van der Waals surface area contributed by atoms with Crippen molar-refractivity contribution < 1.29 is 39.6 Å². The Morgan fingerprint density at radius 3 is 2.29 bits per heavy atom. The van der Waals surface area contributed by atoms with E-state index in [4.69, 9.17) is 16.8 Å². The molecule has 0 bridgehead atoms. The summed E-state index contributed by atoms with van der Waals surface area (Å²) in [6, 6.07) is 24.2. The average Bonchev–Trinajstić information content (AvgIpc) is 3.55.